The van der Waals surface area contributed by atoms with Gasteiger partial charge in [-0.05, 0) is 13.8 Å². The number of aromatic nitrogens is 2. The van der Waals surface area contributed by atoms with Crippen molar-refractivity contribution in [1.82, 2.24) is 9.97 Å². The van der Waals surface area contributed by atoms with E-state index in [-0.39, 0.29) is 18.4 Å². The van der Waals surface area contributed by atoms with Gasteiger partial charge in [-0.3, -0.25) is 0 Å². The van der Waals surface area contributed by atoms with Gasteiger partial charge in [0.1, 0.15) is 5.82 Å². The fraction of sp³-hybridized carbons (Fsp3) is 0.600. The van der Waals surface area contributed by atoms with Crippen molar-refractivity contribution in [3.8, 4) is 0 Å². The zero-order valence-electron chi connectivity index (χ0n) is 10.0. The number of nitrogens with zero attached hydrogens (tertiary/aromatic N) is 2. The third kappa shape index (κ3) is 4.02. The molecule has 0 radical (unpaired) electrons. The van der Waals surface area contributed by atoms with Crippen molar-refractivity contribution in [3.63, 3.8) is 0 Å². The Hall–Kier alpha value is -1.57. The predicted octanol–water partition coefficient (Wildman–Crippen LogP) is 1.72. The summed E-state index contributed by atoms with van der Waals surface area (Å²) in [5, 5.41) is 14.1. The fourth-order valence-corrected chi connectivity index (χ4v) is 1.20. The lowest BCUT2D eigenvalue weighted by molar-refractivity contribution is -0.141. The van der Waals surface area contributed by atoms with Gasteiger partial charge >= 0.3 is 6.18 Å². The smallest absolute Gasteiger partial charge is 0.394 e. The molecule has 0 aliphatic carbocycles. The minimum Gasteiger partial charge on any atom is -0.394 e. The number of hydrogen-bond donors (Lipinski definition) is 3. The topological polar surface area (TPSA) is 70.1 Å². The highest BCUT2D eigenvalue weighted by molar-refractivity contribution is 5.43. The SMILES string of the molecule is CCNc1nc(NC(C)CO)cc(C(F)(F)F)n1. The molecule has 0 aromatic carbocycles. The summed E-state index contributed by atoms with van der Waals surface area (Å²) in [5.74, 6) is -0.0743. The van der Waals surface area contributed by atoms with E-state index < -0.39 is 17.9 Å². The molecule has 5 nitrogen and oxygen atoms in total. The second-order valence-electron chi connectivity index (χ2n) is 3.72. The molecule has 0 saturated heterocycles. The molecule has 0 aliphatic heterocycles. The second kappa shape index (κ2) is 5.85. The van der Waals surface area contributed by atoms with Crippen LogP contribution in [-0.2, 0) is 6.18 Å². The van der Waals surface area contributed by atoms with Gasteiger partial charge < -0.3 is 15.7 Å². The number of hydrogen-bond acceptors (Lipinski definition) is 5. The van der Waals surface area contributed by atoms with Gasteiger partial charge in [0.05, 0.1) is 6.61 Å². The van der Waals surface area contributed by atoms with E-state index in [2.05, 4.69) is 20.6 Å². The van der Waals surface area contributed by atoms with Gasteiger partial charge in [-0.2, -0.15) is 18.2 Å². The minimum absolute atomic E-state index is 0.0230. The Morgan fingerprint density at radius 1 is 1.39 bits per heavy atom. The largest absolute Gasteiger partial charge is 0.433 e. The maximum absolute atomic E-state index is 12.6. The van der Waals surface area contributed by atoms with Crippen LogP contribution in [0, 0.1) is 0 Å². The first-order valence-corrected chi connectivity index (χ1v) is 5.44. The van der Waals surface area contributed by atoms with Crippen LogP contribution in [0.15, 0.2) is 6.07 Å². The highest BCUT2D eigenvalue weighted by Crippen LogP contribution is 2.29. The lowest BCUT2D eigenvalue weighted by Crippen LogP contribution is -2.21. The molecule has 0 spiro atoms. The van der Waals surface area contributed by atoms with Crippen LogP contribution >= 0.6 is 0 Å². The number of nitrogens with one attached hydrogen (secondary N) is 2. The third-order valence-electron chi connectivity index (χ3n) is 2.02. The van der Waals surface area contributed by atoms with Gasteiger partial charge in [-0.1, -0.05) is 0 Å². The molecule has 18 heavy (non-hydrogen) atoms. The summed E-state index contributed by atoms with van der Waals surface area (Å²) < 4.78 is 37.8. The maximum Gasteiger partial charge on any atom is 0.433 e. The standard InChI is InChI=1S/C10H15F3N4O/c1-3-14-9-16-7(10(11,12)13)4-8(17-9)15-6(2)5-18/h4,6,18H,3,5H2,1-2H3,(H2,14,15,16,17). The number of aliphatic hydroxyl groups is 1. The summed E-state index contributed by atoms with van der Waals surface area (Å²) in [6.07, 6.45) is -4.54. The van der Waals surface area contributed by atoms with E-state index >= 15 is 0 Å². The van der Waals surface area contributed by atoms with Crippen LogP contribution in [-0.4, -0.2) is 34.3 Å². The van der Waals surface area contributed by atoms with Crippen LogP contribution in [0.25, 0.3) is 0 Å². The van der Waals surface area contributed by atoms with Gasteiger partial charge in [0, 0.05) is 18.7 Å². The Morgan fingerprint density at radius 2 is 2.06 bits per heavy atom. The van der Waals surface area contributed by atoms with Gasteiger partial charge in [0.25, 0.3) is 0 Å². The molecule has 8 heteroatoms. The molecule has 1 heterocycles. The molecular formula is C10H15F3N4O. The van der Waals surface area contributed by atoms with Crippen molar-refractivity contribution in [2.24, 2.45) is 0 Å². The summed E-state index contributed by atoms with van der Waals surface area (Å²) in [6.45, 7) is 3.56. The lowest BCUT2D eigenvalue weighted by Gasteiger charge is -2.15. The number of rotatable bonds is 5. The first kappa shape index (κ1) is 14.5. The van der Waals surface area contributed by atoms with Crippen LogP contribution in [0.5, 0.6) is 0 Å². The van der Waals surface area contributed by atoms with Gasteiger partial charge in [-0.25, -0.2) is 4.98 Å². The Kier molecular flexibility index (Phi) is 4.71. The molecule has 0 amide bonds. The van der Waals surface area contributed by atoms with E-state index in [1.165, 1.54) is 0 Å². The monoisotopic (exact) mass is 264 g/mol. The third-order valence-corrected chi connectivity index (χ3v) is 2.02. The van der Waals surface area contributed by atoms with E-state index in [0.29, 0.717) is 6.54 Å². The number of alkyl halides is 3. The summed E-state index contributed by atoms with van der Waals surface area (Å²) in [6, 6.07) is 0.419. The molecule has 0 fully saturated rings. The quantitative estimate of drug-likeness (QED) is 0.755. The van der Waals surface area contributed by atoms with Crippen LogP contribution in [0.3, 0.4) is 0 Å². The predicted molar refractivity (Wildman–Crippen MR) is 61.4 cm³/mol. The van der Waals surface area contributed by atoms with Crippen molar-refractivity contribution in [2.45, 2.75) is 26.1 Å². The van der Waals surface area contributed by atoms with E-state index in [9.17, 15) is 13.2 Å². The molecule has 0 bridgehead atoms. The molecule has 1 unspecified atom stereocenters. The maximum atomic E-state index is 12.6. The average molecular weight is 264 g/mol. The molecular weight excluding hydrogens is 249 g/mol. The van der Waals surface area contributed by atoms with Crippen LogP contribution in [0.2, 0.25) is 0 Å². The summed E-state index contributed by atoms with van der Waals surface area (Å²) in [7, 11) is 0. The number of aliphatic hydroxyl groups excluding tert-OH is 1. The molecule has 1 atom stereocenters. The fourth-order valence-electron chi connectivity index (χ4n) is 1.20. The molecule has 3 N–H and O–H groups in total. The summed E-state index contributed by atoms with van der Waals surface area (Å²) in [5.41, 5.74) is -1.03. The summed E-state index contributed by atoms with van der Waals surface area (Å²) >= 11 is 0. The zero-order valence-corrected chi connectivity index (χ0v) is 10.0. The van der Waals surface area contributed by atoms with Gasteiger partial charge in [0.2, 0.25) is 5.95 Å². The molecule has 1 rings (SSSR count). The molecule has 1 aromatic rings. The van der Waals surface area contributed by atoms with Crippen molar-refractivity contribution in [3.05, 3.63) is 11.8 Å². The van der Waals surface area contributed by atoms with Crippen LogP contribution < -0.4 is 10.6 Å². The Labute approximate surface area is 102 Å². The van der Waals surface area contributed by atoms with Crippen LogP contribution in [0.4, 0.5) is 24.9 Å². The van der Waals surface area contributed by atoms with Crippen molar-refractivity contribution < 1.29 is 18.3 Å². The van der Waals surface area contributed by atoms with E-state index in [1.807, 2.05) is 0 Å². The zero-order chi connectivity index (χ0) is 13.8. The highest BCUT2D eigenvalue weighted by atomic mass is 19.4. The molecule has 102 valence electrons. The second-order valence-corrected chi connectivity index (χ2v) is 3.72. The number of halogens is 3. The Bertz CT molecular complexity index is 397. The van der Waals surface area contributed by atoms with E-state index in [1.54, 1.807) is 13.8 Å². The average Bonchev–Trinajstić information content (AvgIpc) is 2.27. The first-order valence-electron chi connectivity index (χ1n) is 5.44. The molecule has 1 aromatic heterocycles. The lowest BCUT2D eigenvalue weighted by atomic mass is 10.3. The van der Waals surface area contributed by atoms with E-state index in [0.717, 1.165) is 6.07 Å². The summed E-state index contributed by atoms with van der Waals surface area (Å²) in [4.78, 5) is 7.26. The van der Waals surface area contributed by atoms with Crippen LogP contribution in [0.1, 0.15) is 19.5 Å². The van der Waals surface area contributed by atoms with Gasteiger partial charge in [0.15, 0.2) is 5.69 Å². The van der Waals surface area contributed by atoms with Crippen molar-refractivity contribution in [1.29, 1.82) is 0 Å². The normalized spacial score (nSPS) is 13.2. The minimum atomic E-state index is -4.54. The van der Waals surface area contributed by atoms with Crippen molar-refractivity contribution >= 4 is 11.8 Å². The van der Waals surface area contributed by atoms with Crippen molar-refractivity contribution in [2.75, 3.05) is 23.8 Å². The first-order chi connectivity index (χ1) is 8.36. The van der Waals surface area contributed by atoms with Gasteiger partial charge in [-0.15, -0.1) is 0 Å². The number of anilines is 2. The van der Waals surface area contributed by atoms with E-state index in [4.69, 9.17) is 5.11 Å². The Balaban J connectivity index is 3.06. The molecule has 0 aliphatic rings. The highest BCUT2D eigenvalue weighted by Gasteiger charge is 2.33. The molecule has 0 saturated carbocycles. The Morgan fingerprint density at radius 3 is 2.56 bits per heavy atom.